The van der Waals surface area contributed by atoms with Crippen molar-refractivity contribution < 1.29 is 9.18 Å². The van der Waals surface area contributed by atoms with Crippen LogP contribution in [0.1, 0.15) is 10.4 Å². The number of benzene rings is 1. The maximum atomic E-state index is 12.9. The number of hydrogen-bond donors (Lipinski definition) is 2. The predicted octanol–water partition coefficient (Wildman–Crippen LogP) is 1.92. The summed E-state index contributed by atoms with van der Waals surface area (Å²) < 4.78 is 12.9. The summed E-state index contributed by atoms with van der Waals surface area (Å²) in [7, 11) is 0. The van der Waals surface area contributed by atoms with Crippen LogP contribution in [0, 0.1) is 5.82 Å². The second kappa shape index (κ2) is 4.96. The first-order valence-electron chi connectivity index (χ1n) is 4.72. The van der Waals surface area contributed by atoms with Gasteiger partial charge in [0.15, 0.2) is 0 Å². The van der Waals surface area contributed by atoms with Gasteiger partial charge in [0, 0.05) is 5.56 Å². The zero-order valence-corrected chi connectivity index (χ0v) is 9.71. The maximum absolute atomic E-state index is 12.9. The molecule has 5 nitrogen and oxygen atoms in total. The lowest BCUT2D eigenvalue weighted by atomic mass is 10.2. The maximum Gasteiger partial charge on any atom is 0.258 e. The van der Waals surface area contributed by atoms with E-state index in [1.807, 2.05) is 6.26 Å². The second-order valence-electron chi connectivity index (χ2n) is 3.14. The monoisotopic (exact) mass is 252 g/mol. The van der Waals surface area contributed by atoms with E-state index >= 15 is 0 Å². The number of anilines is 1. The summed E-state index contributed by atoms with van der Waals surface area (Å²) in [5.74, 6) is -0.656. The molecule has 1 aromatic heterocycles. The minimum Gasteiger partial charge on any atom is -0.291 e. The third-order valence-corrected chi connectivity index (χ3v) is 2.51. The molecule has 0 fully saturated rings. The molecule has 0 spiro atoms. The van der Waals surface area contributed by atoms with Crippen LogP contribution in [0.5, 0.6) is 0 Å². The molecule has 7 heteroatoms. The van der Waals surface area contributed by atoms with Crippen molar-refractivity contribution in [2.75, 3.05) is 11.6 Å². The summed E-state index contributed by atoms with van der Waals surface area (Å²) in [5.41, 5.74) is 0.229. The Bertz CT molecular complexity index is 543. The van der Waals surface area contributed by atoms with Crippen molar-refractivity contribution in [3.05, 3.63) is 35.6 Å². The van der Waals surface area contributed by atoms with Crippen molar-refractivity contribution in [3.63, 3.8) is 0 Å². The van der Waals surface area contributed by atoms with Crippen LogP contribution in [0.2, 0.25) is 0 Å². The van der Waals surface area contributed by atoms with Crippen LogP contribution in [0.4, 0.5) is 10.3 Å². The van der Waals surface area contributed by atoms with Gasteiger partial charge in [0.25, 0.3) is 5.91 Å². The van der Waals surface area contributed by atoms with E-state index < -0.39 is 11.7 Å². The van der Waals surface area contributed by atoms with E-state index in [0.717, 1.165) is 6.07 Å². The van der Waals surface area contributed by atoms with Gasteiger partial charge in [0.2, 0.25) is 11.1 Å². The zero-order valence-electron chi connectivity index (χ0n) is 8.90. The number of aromatic amines is 1. The Morgan fingerprint density at radius 1 is 1.53 bits per heavy atom. The molecule has 1 aromatic carbocycles. The molecule has 88 valence electrons. The van der Waals surface area contributed by atoms with Crippen LogP contribution >= 0.6 is 11.8 Å². The molecule has 0 radical (unpaired) electrons. The Kier molecular flexibility index (Phi) is 3.38. The Morgan fingerprint density at radius 3 is 3.00 bits per heavy atom. The lowest BCUT2D eigenvalue weighted by molar-refractivity contribution is 0.102. The van der Waals surface area contributed by atoms with Crippen molar-refractivity contribution in [1.29, 1.82) is 0 Å². The van der Waals surface area contributed by atoms with E-state index in [4.69, 9.17) is 0 Å². The average molecular weight is 252 g/mol. The lowest BCUT2D eigenvalue weighted by Crippen LogP contribution is -2.13. The quantitative estimate of drug-likeness (QED) is 0.819. The number of H-pyrrole nitrogens is 1. The molecule has 2 aromatic rings. The van der Waals surface area contributed by atoms with E-state index in [1.54, 1.807) is 0 Å². The largest absolute Gasteiger partial charge is 0.291 e. The first kappa shape index (κ1) is 11.6. The lowest BCUT2D eigenvalue weighted by Gasteiger charge is -2.00. The van der Waals surface area contributed by atoms with Crippen LogP contribution < -0.4 is 5.32 Å². The summed E-state index contributed by atoms with van der Waals surface area (Å²) in [6.07, 6.45) is 1.82. The van der Waals surface area contributed by atoms with E-state index in [9.17, 15) is 9.18 Å². The van der Waals surface area contributed by atoms with Gasteiger partial charge in [-0.25, -0.2) is 9.49 Å². The summed E-state index contributed by atoms with van der Waals surface area (Å²) in [5, 5.41) is 9.42. The molecular weight excluding hydrogens is 243 g/mol. The average Bonchev–Trinajstić information content (AvgIpc) is 2.77. The van der Waals surface area contributed by atoms with Crippen LogP contribution in [-0.4, -0.2) is 27.3 Å². The zero-order chi connectivity index (χ0) is 12.3. The fraction of sp³-hybridized carbons (Fsp3) is 0.100. The van der Waals surface area contributed by atoms with Crippen molar-refractivity contribution in [1.82, 2.24) is 15.2 Å². The van der Waals surface area contributed by atoms with Gasteiger partial charge in [-0.2, -0.15) is 4.98 Å². The second-order valence-corrected chi connectivity index (χ2v) is 3.91. The van der Waals surface area contributed by atoms with Crippen LogP contribution in [0.15, 0.2) is 29.4 Å². The predicted molar refractivity (Wildman–Crippen MR) is 62.5 cm³/mol. The molecular formula is C10H9FN4OS. The van der Waals surface area contributed by atoms with Crippen molar-refractivity contribution >= 4 is 23.6 Å². The minimum atomic E-state index is -0.458. The SMILES string of the molecule is CSc1n[nH]c(NC(=O)c2cccc(F)c2)n1. The smallest absolute Gasteiger partial charge is 0.258 e. The third kappa shape index (κ3) is 2.82. The normalized spacial score (nSPS) is 10.2. The first-order chi connectivity index (χ1) is 8.19. The molecule has 0 aliphatic carbocycles. The molecule has 2 rings (SSSR count). The van der Waals surface area contributed by atoms with Crippen molar-refractivity contribution in [2.24, 2.45) is 0 Å². The van der Waals surface area contributed by atoms with E-state index in [1.165, 1.54) is 30.0 Å². The number of hydrogen-bond acceptors (Lipinski definition) is 4. The molecule has 2 N–H and O–H groups in total. The number of carbonyl (C=O) groups is 1. The molecule has 0 atom stereocenters. The number of halogens is 1. The van der Waals surface area contributed by atoms with Crippen LogP contribution in [0.25, 0.3) is 0 Å². The molecule has 0 bridgehead atoms. The molecule has 1 heterocycles. The van der Waals surface area contributed by atoms with Gasteiger partial charge >= 0.3 is 0 Å². The van der Waals surface area contributed by atoms with Crippen molar-refractivity contribution in [2.45, 2.75) is 5.16 Å². The number of carbonyl (C=O) groups excluding carboxylic acids is 1. The minimum absolute atomic E-state index is 0.229. The van der Waals surface area contributed by atoms with E-state index in [2.05, 4.69) is 20.5 Å². The van der Waals surface area contributed by atoms with E-state index in [-0.39, 0.29) is 11.5 Å². The Balaban J connectivity index is 2.11. The van der Waals surface area contributed by atoms with Gasteiger partial charge in [-0.3, -0.25) is 10.1 Å². The number of nitrogens with one attached hydrogen (secondary N) is 2. The van der Waals surface area contributed by atoms with Gasteiger partial charge < -0.3 is 0 Å². The summed E-state index contributed by atoms with van der Waals surface area (Å²) in [4.78, 5) is 15.7. The van der Waals surface area contributed by atoms with Crippen molar-refractivity contribution in [3.8, 4) is 0 Å². The topological polar surface area (TPSA) is 70.7 Å². The van der Waals surface area contributed by atoms with Crippen LogP contribution in [-0.2, 0) is 0 Å². The summed E-state index contributed by atoms with van der Waals surface area (Å²) >= 11 is 1.35. The number of rotatable bonds is 3. The molecule has 0 saturated carbocycles. The van der Waals surface area contributed by atoms with Gasteiger partial charge in [-0.1, -0.05) is 17.8 Å². The number of thioether (sulfide) groups is 1. The highest BCUT2D eigenvalue weighted by Crippen LogP contribution is 2.11. The molecule has 0 unspecified atom stereocenters. The van der Waals surface area contributed by atoms with E-state index in [0.29, 0.717) is 5.16 Å². The highest BCUT2D eigenvalue weighted by molar-refractivity contribution is 7.98. The molecule has 0 aliphatic rings. The number of aromatic nitrogens is 3. The highest BCUT2D eigenvalue weighted by Gasteiger charge is 2.09. The standard InChI is InChI=1S/C10H9FN4OS/c1-17-10-13-9(14-15-10)12-8(16)6-3-2-4-7(11)5-6/h2-5H,1H3,(H2,12,13,14,15,16). The number of amides is 1. The Hall–Kier alpha value is -1.89. The van der Waals surface area contributed by atoms with Gasteiger partial charge in [0.05, 0.1) is 0 Å². The molecule has 0 saturated heterocycles. The summed E-state index contributed by atoms with van der Waals surface area (Å²) in [6, 6.07) is 5.42. The van der Waals surface area contributed by atoms with Crippen LogP contribution in [0.3, 0.4) is 0 Å². The van der Waals surface area contributed by atoms with Gasteiger partial charge in [-0.05, 0) is 24.5 Å². The Labute approximate surface area is 101 Å². The molecule has 17 heavy (non-hydrogen) atoms. The summed E-state index contributed by atoms with van der Waals surface area (Å²) in [6.45, 7) is 0. The van der Waals surface area contributed by atoms with Gasteiger partial charge in [0.1, 0.15) is 5.82 Å². The number of nitrogens with zero attached hydrogens (tertiary/aromatic N) is 2. The first-order valence-corrected chi connectivity index (χ1v) is 5.95. The molecule has 1 amide bonds. The fourth-order valence-electron chi connectivity index (χ4n) is 1.20. The van der Waals surface area contributed by atoms with Gasteiger partial charge in [-0.15, -0.1) is 5.10 Å². The third-order valence-electron chi connectivity index (χ3n) is 1.97. The fourth-order valence-corrected chi connectivity index (χ4v) is 1.52. The molecule has 0 aliphatic heterocycles. The Morgan fingerprint density at radius 2 is 2.35 bits per heavy atom. The highest BCUT2D eigenvalue weighted by atomic mass is 32.2.